The summed E-state index contributed by atoms with van der Waals surface area (Å²) in [6.07, 6.45) is 7.99. The maximum atomic E-state index is 12.5. The van der Waals surface area contributed by atoms with Crippen LogP contribution in [0, 0.1) is 0 Å². The summed E-state index contributed by atoms with van der Waals surface area (Å²) >= 11 is 0. The van der Waals surface area contributed by atoms with Crippen LogP contribution in [0.2, 0.25) is 0 Å². The molecule has 0 saturated heterocycles. The molecule has 0 bridgehead atoms. The zero-order valence-corrected chi connectivity index (χ0v) is 21.0. The number of hydrogen-bond acceptors (Lipinski definition) is 10. The average Bonchev–Trinajstić information content (AvgIpc) is 2.78. The summed E-state index contributed by atoms with van der Waals surface area (Å²) in [5.41, 5.74) is 1.97. The first-order chi connectivity index (χ1) is 16.8. The summed E-state index contributed by atoms with van der Waals surface area (Å²) in [5.74, 6) is -0.0289. The fourth-order valence-electron chi connectivity index (χ4n) is 2.52. The predicted octanol–water partition coefficient (Wildman–Crippen LogP) is 0.255. The molecule has 0 radical (unpaired) electrons. The summed E-state index contributed by atoms with van der Waals surface area (Å²) in [6, 6.07) is 18.3. The van der Waals surface area contributed by atoms with Crippen molar-refractivity contribution in [3.05, 3.63) is 96.1 Å². The zero-order chi connectivity index (χ0) is 27.2. The highest BCUT2D eigenvalue weighted by Crippen LogP contribution is 2.07. The van der Waals surface area contributed by atoms with Crippen molar-refractivity contribution >= 4 is 32.2 Å². The molecule has 1 aromatic carbocycles. The minimum atomic E-state index is -3.92. The molecule has 194 valence electrons. The second kappa shape index (κ2) is 14.8. The molecule has 12 nitrogen and oxygen atoms in total. The molecule has 0 amide bonds. The van der Waals surface area contributed by atoms with E-state index in [1.807, 2.05) is 54.9 Å². The number of aromatic nitrogens is 2. The largest absolute Gasteiger partial charge is 0.748 e. The lowest BCUT2D eigenvalue weighted by atomic mass is 10.1. The van der Waals surface area contributed by atoms with Gasteiger partial charge in [-0.15, -0.1) is 0 Å². The van der Waals surface area contributed by atoms with Crippen LogP contribution in [0.4, 0.5) is 0 Å². The number of rotatable bonds is 7. The highest BCUT2D eigenvalue weighted by Gasteiger charge is 2.14. The van der Waals surface area contributed by atoms with Crippen LogP contribution < -0.4 is 9.13 Å². The van der Waals surface area contributed by atoms with E-state index in [1.165, 1.54) is 6.21 Å². The Morgan fingerprint density at radius 3 is 2.03 bits per heavy atom. The van der Waals surface area contributed by atoms with Gasteiger partial charge in [-0.05, 0) is 12.1 Å². The first kappa shape index (κ1) is 30.5. The fraction of sp³-hybridized carbons (Fsp3) is 0.182. The number of carbonyl (C=O) groups is 1. The van der Waals surface area contributed by atoms with E-state index in [1.54, 1.807) is 33.5 Å². The van der Waals surface area contributed by atoms with Crippen LogP contribution in [-0.4, -0.2) is 55.7 Å². The van der Waals surface area contributed by atoms with E-state index in [2.05, 4.69) is 5.16 Å². The second-order valence-corrected chi connectivity index (χ2v) is 9.83. The van der Waals surface area contributed by atoms with Crippen molar-refractivity contribution in [1.82, 2.24) is 0 Å². The van der Waals surface area contributed by atoms with Gasteiger partial charge in [-0.25, -0.2) is 16.8 Å². The Bertz CT molecular complexity index is 1320. The molecule has 0 saturated carbocycles. The molecule has 0 atom stereocenters. The van der Waals surface area contributed by atoms with Gasteiger partial charge in [-0.1, -0.05) is 35.5 Å². The quantitative estimate of drug-likeness (QED) is 0.110. The first-order valence-electron chi connectivity index (χ1n) is 9.92. The highest BCUT2D eigenvalue weighted by atomic mass is 32.2. The Hall–Kier alpha value is -3.56. The molecule has 0 aliphatic carbocycles. The van der Waals surface area contributed by atoms with E-state index in [4.69, 9.17) is 35.9 Å². The van der Waals surface area contributed by atoms with Gasteiger partial charge < -0.3 is 14.3 Å². The average molecular weight is 540 g/mol. The number of nitrogens with zero attached hydrogens (tertiary/aromatic N) is 3. The molecule has 0 aliphatic rings. The summed E-state index contributed by atoms with van der Waals surface area (Å²) in [6.45, 7) is 0.569. The SMILES string of the molecule is CS(=O)(=O)[O-].CS(=O)(=O)[O-].O=C(c1ccccc1)c1ccc[n+](COC[n+]2ccccc2/C=N\O)c1. The lowest BCUT2D eigenvalue weighted by molar-refractivity contribution is -0.788. The van der Waals surface area contributed by atoms with E-state index < -0.39 is 20.2 Å². The van der Waals surface area contributed by atoms with Gasteiger partial charge in [-0.3, -0.25) is 9.53 Å². The Kier molecular flexibility index (Phi) is 12.5. The lowest BCUT2D eigenvalue weighted by Crippen LogP contribution is -2.43. The Balaban J connectivity index is 0.000000550. The minimum Gasteiger partial charge on any atom is -0.748 e. The zero-order valence-electron chi connectivity index (χ0n) is 19.4. The normalized spacial score (nSPS) is 11.1. The van der Waals surface area contributed by atoms with Crippen molar-refractivity contribution in [1.29, 1.82) is 0 Å². The molecule has 0 unspecified atom stereocenters. The molecule has 0 aliphatic heterocycles. The molecular weight excluding hydrogens is 514 g/mol. The van der Waals surface area contributed by atoms with Crippen LogP contribution in [0.3, 0.4) is 0 Å². The Morgan fingerprint density at radius 1 is 0.889 bits per heavy atom. The Labute approximate surface area is 209 Å². The molecule has 36 heavy (non-hydrogen) atoms. The van der Waals surface area contributed by atoms with E-state index >= 15 is 0 Å². The van der Waals surface area contributed by atoms with Gasteiger partial charge in [0, 0.05) is 36.3 Å². The molecule has 2 heterocycles. The fourth-order valence-corrected chi connectivity index (χ4v) is 2.52. The third-order valence-corrected chi connectivity index (χ3v) is 3.79. The molecule has 3 rings (SSSR count). The maximum Gasteiger partial charge on any atom is 0.258 e. The monoisotopic (exact) mass is 539 g/mol. The topological polar surface area (TPSA) is 181 Å². The predicted molar refractivity (Wildman–Crippen MR) is 125 cm³/mol. The molecule has 0 spiro atoms. The summed E-state index contributed by atoms with van der Waals surface area (Å²) in [5, 5.41) is 11.8. The standard InChI is InChI=1S/C20H18N3O3.2CH4O3S/c24-20(17-7-2-1-3-8-17)18-9-6-11-22(14-18)15-26-16-23-12-5-4-10-19(23)13-21-25;2*1-5(2,3)4/h1-14H,15-16H2;2*1H3,(H,2,3,4)/q+1;;/p-1. The number of carbonyl (C=O) groups excluding carboxylic acids is 1. The van der Waals surface area contributed by atoms with Gasteiger partial charge in [-0.2, -0.15) is 9.13 Å². The smallest absolute Gasteiger partial charge is 0.258 e. The summed E-state index contributed by atoms with van der Waals surface area (Å²) in [4.78, 5) is 12.5. The van der Waals surface area contributed by atoms with Crippen molar-refractivity contribution in [3.8, 4) is 0 Å². The van der Waals surface area contributed by atoms with E-state index in [9.17, 15) is 4.79 Å². The molecular formula is C22H25N3O9S2. The van der Waals surface area contributed by atoms with Gasteiger partial charge in [0.25, 0.3) is 13.5 Å². The lowest BCUT2D eigenvalue weighted by Gasteiger charge is -2.02. The Morgan fingerprint density at radius 2 is 1.44 bits per heavy atom. The number of hydrogen-bond donors (Lipinski definition) is 1. The van der Waals surface area contributed by atoms with E-state index in [-0.39, 0.29) is 19.2 Å². The number of ketones is 1. The first-order valence-corrected chi connectivity index (χ1v) is 13.6. The third-order valence-electron chi connectivity index (χ3n) is 3.79. The molecule has 0 fully saturated rings. The van der Waals surface area contributed by atoms with Crippen LogP contribution in [0.25, 0.3) is 0 Å². The summed E-state index contributed by atoms with van der Waals surface area (Å²) in [7, 11) is -7.83. The molecule has 3 aromatic rings. The van der Waals surface area contributed by atoms with E-state index in [0.717, 1.165) is 0 Å². The van der Waals surface area contributed by atoms with Crippen LogP contribution in [0.5, 0.6) is 0 Å². The van der Waals surface area contributed by atoms with Crippen LogP contribution in [-0.2, 0) is 38.4 Å². The van der Waals surface area contributed by atoms with Crippen LogP contribution >= 0.6 is 0 Å². The van der Waals surface area contributed by atoms with Crippen molar-refractivity contribution in [2.75, 3.05) is 12.5 Å². The molecule has 14 heteroatoms. The highest BCUT2D eigenvalue weighted by molar-refractivity contribution is 7.85. The van der Waals surface area contributed by atoms with Crippen LogP contribution in [0.15, 0.2) is 84.4 Å². The molecule has 1 N–H and O–H groups in total. The van der Waals surface area contributed by atoms with Crippen molar-refractivity contribution in [3.63, 3.8) is 0 Å². The minimum absolute atomic E-state index is 0.0289. The number of benzene rings is 1. The van der Waals surface area contributed by atoms with Crippen LogP contribution in [0.1, 0.15) is 21.6 Å². The second-order valence-electron chi connectivity index (χ2n) is 7.01. The van der Waals surface area contributed by atoms with Crippen molar-refractivity contribution in [2.24, 2.45) is 5.16 Å². The van der Waals surface area contributed by atoms with Gasteiger partial charge in [0.15, 0.2) is 24.4 Å². The molecule has 2 aromatic heterocycles. The number of pyridine rings is 2. The van der Waals surface area contributed by atoms with E-state index in [0.29, 0.717) is 29.3 Å². The van der Waals surface area contributed by atoms with Gasteiger partial charge in [0.05, 0.1) is 25.8 Å². The van der Waals surface area contributed by atoms with Crippen molar-refractivity contribution in [2.45, 2.75) is 13.5 Å². The maximum absolute atomic E-state index is 12.5. The van der Waals surface area contributed by atoms with Crippen molar-refractivity contribution < 1.29 is 49.8 Å². The summed E-state index contributed by atoms with van der Waals surface area (Å²) < 4.78 is 63.8. The number of ether oxygens (including phenoxy) is 1. The van der Waals surface area contributed by atoms with Gasteiger partial charge >= 0.3 is 0 Å². The van der Waals surface area contributed by atoms with Gasteiger partial charge in [0.2, 0.25) is 5.69 Å². The van der Waals surface area contributed by atoms with Gasteiger partial charge in [0.1, 0.15) is 6.21 Å². The number of oxime groups is 1. The third kappa shape index (κ3) is 14.6.